The highest BCUT2D eigenvalue weighted by atomic mass is 16.5. The van der Waals surface area contributed by atoms with Crippen molar-refractivity contribution in [3.05, 3.63) is 64.7 Å². The molecule has 2 amide bonds. The van der Waals surface area contributed by atoms with E-state index in [0.717, 1.165) is 23.1 Å². The van der Waals surface area contributed by atoms with Crippen LogP contribution in [0.3, 0.4) is 0 Å². The third-order valence-electron chi connectivity index (χ3n) is 5.07. The number of benzene rings is 2. The number of hydrogen-bond donors (Lipinski definition) is 1. The number of aryl methyl sites for hydroxylation is 1. The highest BCUT2D eigenvalue weighted by Crippen LogP contribution is 2.37. The third kappa shape index (κ3) is 4.35. The Morgan fingerprint density at radius 3 is 2.71 bits per heavy atom. The Kier molecular flexibility index (Phi) is 6.34. The van der Waals surface area contributed by atoms with Gasteiger partial charge < -0.3 is 15.0 Å². The quantitative estimate of drug-likeness (QED) is 0.836. The van der Waals surface area contributed by atoms with Crippen LogP contribution in [-0.4, -0.2) is 36.4 Å². The zero-order valence-corrected chi connectivity index (χ0v) is 16.8. The second-order valence-electron chi connectivity index (χ2n) is 7.11. The number of amides is 2. The maximum Gasteiger partial charge on any atom is 0.257 e. The molecule has 3 rings (SSSR count). The van der Waals surface area contributed by atoms with Gasteiger partial charge in [0.25, 0.3) is 5.91 Å². The summed E-state index contributed by atoms with van der Waals surface area (Å²) in [6.07, 6.45) is 1.30. The SMILES string of the molecule is CCNC(=O)COc1ccc2c(c1)C(c1cccc(C)c1)N(C(=O)CC)CC2. The molecule has 0 radical (unpaired) electrons. The van der Waals surface area contributed by atoms with Crippen LogP contribution in [0.25, 0.3) is 0 Å². The molecule has 1 unspecified atom stereocenters. The number of nitrogens with one attached hydrogen (secondary N) is 1. The van der Waals surface area contributed by atoms with Gasteiger partial charge in [0.05, 0.1) is 6.04 Å². The predicted octanol–water partition coefficient (Wildman–Crippen LogP) is 3.39. The number of nitrogens with zero attached hydrogens (tertiary/aromatic N) is 1. The van der Waals surface area contributed by atoms with Gasteiger partial charge in [0, 0.05) is 19.5 Å². The van der Waals surface area contributed by atoms with Crippen LogP contribution >= 0.6 is 0 Å². The fraction of sp³-hybridized carbons (Fsp3) is 0.391. The fourth-order valence-corrected chi connectivity index (χ4v) is 3.75. The maximum absolute atomic E-state index is 12.7. The van der Waals surface area contributed by atoms with Gasteiger partial charge in [-0.1, -0.05) is 42.8 Å². The molecule has 0 spiro atoms. The molecule has 1 atom stereocenters. The monoisotopic (exact) mass is 380 g/mol. The molecule has 148 valence electrons. The van der Waals surface area contributed by atoms with Crippen molar-refractivity contribution >= 4 is 11.8 Å². The van der Waals surface area contributed by atoms with Crippen LogP contribution in [0.1, 0.15) is 48.6 Å². The molecule has 5 heteroatoms. The van der Waals surface area contributed by atoms with E-state index >= 15 is 0 Å². The summed E-state index contributed by atoms with van der Waals surface area (Å²) in [6.45, 7) is 7.11. The van der Waals surface area contributed by atoms with Crippen molar-refractivity contribution in [2.75, 3.05) is 19.7 Å². The molecule has 2 aromatic carbocycles. The number of fused-ring (bicyclic) bond motifs is 1. The summed E-state index contributed by atoms with van der Waals surface area (Å²) < 4.78 is 5.70. The molecule has 28 heavy (non-hydrogen) atoms. The van der Waals surface area contributed by atoms with Crippen LogP contribution in [0.5, 0.6) is 5.75 Å². The van der Waals surface area contributed by atoms with Crippen molar-refractivity contribution in [3.8, 4) is 5.75 Å². The number of rotatable bonds is 6. The first-order valence-corrected chi connectivity index (χ1v) is 9.91. The lowest BCUT2D eigenvalue weighted by atomic mass is 9.87. The Morgan fingerprint density at radius 1 is 1.18 bits per heavy atom. The summed E-state index contributed by atoms with van der Waals surface area (Å²) in [5.41, 5.74) is 4.56. The van der Waals surface area contributed by atoms with Crippen LogP contribution in [0, 0.1) is 6.92 Å². The maximum atomic E-state index is 12.7. The van der Waals surface area contributed by atoms with Crippen LogP contribution in [0.2, 0.25) is 0 Å². The summed E-state index contributed by atoms with van der Waals surface area (Å²) in [5, 5.41) is 2.73. The van der Waals surface area contributed by atoms with Crippen LogP contribution in [0.15, 0.2) is 42.5 Å². The average Bonchev–Trinajstić information content (AvgIpc) is 2.70. The molecule has 1 aliphatic rings. The number of ether oxygens (including phenoxy) is 1. The van der Waals surface area contributed by atoms with Gasteiger partial charge in [0.15, 0.2) is 6.61 Å². The highest BCUT2D eigenvalue weighted by Gasteiger charge is 2.31. The minimum atomic E-state index is -0.141. The smallest absolute Gasteiger partial charge is 0.257 e. The van der Waals surface area contributed by atoms with E-state index < -0.39 is 0 Å². The Morgan fingerprint density at radius 2 is 2.00 bits per heavy atom. The molecule has 1 N–H and O–H groups in total. The van der Waals surface area contributed by atoms with Crippen molar-refractivity contribution in [2.45, 2.75) is 39.7 Å². The van der Waals surface area contributed by atoms with E-state index in [4.69, 9.17) is 4.74 Å². The van der Waals surface area contributed by atoms with E-state index in [1.165, 1.54) is 5.56 Å². The zero-order chi connectivity index (χ0) is 20.1. The topological polar surface area (TPSA) is 58.6 Å². The second kappa shape index (κ2) is 8.91. The Balaban J connectivity index is 1.97. The minimum Gasteiger partial charge on any atom is -0.484 e. The van der Waals surface area contributed by atoms with Gasteiger partial charge >= 0.3 is 0 Å². The standard InChI is InChI=1S/C23H28N2O3/c1-4-22(27)25-12-11-17-9-10-19(28-15-21(26)24-5-2)14-20(17)23(25)18-8-6-7-16(3)13-18/h6-10,13-14,23H,4-5,11-12,15H2,1-3H3,(H,24,26). The number of hydrogen-bond acceptors (Lipinski definition) is 3. The minimum absolute atomic E-state index is 0.0145. The molecule has 1 aliphatic heterocycles. The van der Waals surface area contributed by atoms with E-state index in [1.54, 1.807) is 0 Å². The van der Waals surface area contributed by atoms with Gasteiger partial charge in [-0.05, 0) is 49.1 Å². The molecule has 0 saturated heterocycles. The molecular weight excluding hydrogens is 352 g/mol. The summed E-state index contributed by atoms with van der Waals surface area (Å²) in [6, 6.07) is 14.1. The van der Waals surface area contributed by atoms with Gasteiger partial charge in [-0.3, -0.25) is 9.59 Å². The Hall–Kier alpha value is -2.82. The van der Waals surface area contributed by atoms with Crippen molar-refractivity contribution in [2.24, 2.45) is 0 Å². The van der Waals surface area contributed by atoms with Gasteiger partial charge in [-0.25, -0.2) is 0 Å². The lowest BCUT2D eigenvalue weighted by Crippen LogP contribution is -2.40. The molecule has 0 aromatic heterocycles. The first kappa shape index (κ1) is 19.9. The van der Waals surface area contributed by atoms with Crippen LogP contribution < -0.4 is 10.1 Å². The van der Waals surface area contributed by atoms with E-state index in [-0.39, 0.29) is 24.5 Å². The summed E-state index contributed by atoms with van der Waals surface area (Å²) in [7, 11) is 0. The van der Waals surface area contributed by atoms with Crippen molar-refractivity contribution in [1.82, 2.24) is 10.2 Å². The van der Waals surface area contributed by atoms with Crippen LogP contribution in [0.4, 0.5) is 0 Å². The van der Waals surface area contributed by atoms with E-state index in [1.807, 2.05) is 36.9 Å². The molecule has 1 heterocycles. The van der Waals surface area contributed by atoms with E-state index in [9.17, 15) is 9.59 Å². The van der Waals surface area contributed by atoms with Crippen molar-refractivity contribution < 1.29 is 14.3 Å². The zero-order valence-electron chi connectivity index (χ0n) is 16.8. The number of carbonyl (C=O) groups is 2. The highest BCUT2D eigenvalue weighted by molar-refractivity contribution is 5.78. The normalized spacial score (nSPS) is 15.7. The predicted molar refractivity (Wildman–Crippen MR) is 109 cm³/mol. The van der Waals surface area contributed by atoms with Gasteiger partial charge in [-0.2, -0.15) is 0 Å². The fourth-order valence-electron chi connectivity index (χ4n) is 3.75. The lowest BCUT2D eigenvalue weighted by Gasteiger charge is -2.38. The Labute approximate surface area is 166 Å². The van der Waals surface area contributed by atoms with E-state index in [0.29, 0.717) is 25.3 Å². The van der Waals surface area contributed by atoms with Gasteiger partial charge in [0.2, 0.25) is 5.91 Å². The molecule has 0 bridgehead atoms. The molecule has 2 aromatic rings. The molecule has 0 saturated carbocycles. The average molecular weight is 380 g/mol. The number of likely N-dealkylation sites (N-methyl/N-ethyl adjacent to an activating group) is 1. The molecule has 5 nitrogen and oxygen atoms in total. The van der Waals surface area contributed by atoms with Crippen LogP contribution in [-0.2, 0) is 16.0 Å². The molecular formula is C23H28N2O3. The summed E-state index contributed by atoms with van der Waals surface area (Å²) >= 11 is 0. The first-order chi connectivity index (χ1) is 13.5. The van der Waals surface area contributed by atoms with Gasteiger partial charge in [-0.15, -0.1) is 0 Å². The lowest BCUT2D eigenvalue weighted by molar-refractivity contribution is -0.133. The number of carbonyl (C=O) groups excluding carboxylic acids is 2. The molecule has 0 aliphatic carbocycles. The third-order valence-corrected chi connectivity index (χ3v) is 5.07. The first-order valence-electron chi connectivity index (χ1n) is 9.91. The summed E-state index contributed by atoms with van der Waals surface area (Å²) in [5.74, 6) is 0.650. The van der Waals surface area contributed by atoms with Crippen molar-refractivity contribution in [3.63, 3.8) is 0 Å². The Bertz CT molecular complexity index is 863. The second-order valence-corrected chi connectivity index (χ2v) is 7.11. The molecule has 0 fully saturated rings. The largest absolute Gasteiger partial charge is 0.484 e. The van der Waals surface area contributed by atoms with Crippen molar-refractivity contribution in [1.29, 1.82) is 0 Å². The van der Waals surface area contributed by atoms with E-state index in [2.05, 4.69) is 36.5 Å². The summed E-state index contributed by atoms with van der Waals surface area (Å²) in [4.78, 5) is 26.3. The van der Waals surface area contributed by atoms with Gasteiger partial charge in [0.1, 0.15) is 5.75 Å².